The highest BCUT2D eigenvalue weighted by Crippen LogP contribution is 2.31. The molecule has 2 saturated heterocycles. The number of nitrogens with one attached hydrogen (secondary N) is 1. The highest BCUT2D eigenvalue weighted by molar-refractivity contribution is 5.94. The van der Waals surface area contributed by atoms with Crippen LogP contribution in [-0.4, -0.2) is 82.3 Å². The average molecular weight is 501 g/mol. The van der Waals surface area contributed by atoms with E-state index >= 15 is 0 Å². The minimum Gasteiger partial charge on any atom is -0.340 e. The van der Waals surface area contributed by atoms with Crippen LogP contribution in [0, 0.1) is 0 Å². The van der Waals surface area contributed by atoms with Gasteiger partial charge in [-0.2, -0.15) is 0 Å². The number of likely N-dealkylation sites (N-methyl/N-ethyl adjacent to an activating group) is 1. The minimum absolute atomic E-state index is 0.0556. The number of rotatable bonds is 6. The number of carbonyl (C=O) groups is 2. The Labute approximate surface area is 218 Å². The zero-order valence-corrected chi connectivity index (χ0v) is 21.5. The maximum atomic E-state index is 13.5. The van der Waals surface area contributed by atoms with E-state index in [9.17, 15) is 9.59 Å². The number of likely N-dealkylation sites (tertiary alicyclic amines) is 1. The third-order valence-electron chi connectivity index (χ3n) is 7.55. The van der Waals surface area contributed by atoms with Crippen LogP contribution in [0.4, 0.5) is 0 Å². The molecule has 0 spiro atoms. The van der Waals surface area contributed by atoms with Crippen molar-refractivity contribution in [3.63, 3.8) is 0 Å². The molecule has 2 atom stereocenters. The van der Waals surface area contributed by atoms with Crippen LogP contribution >= 0.6 is 0 Å². The topological polar surface area (TPSA) is 98.6 Å². The molecule has 8 nitrogen and oxygen atoms in total. The average Bonchev–Trinajstić information content (AvgIpc) is 3.44. The van der Waals surface area contributed by atoms with Crippen molar-refractivity contribution in [3.8, 4) is 11.3 Å². The number of hydrogen-bond acceptors (Lipinski definition) is 5. The largest absolute Gasteiger partial charge is 0.340 e. The third-order valence-corrected chi connectivity index (χ3v) is 7.55. The number of nitrogens with zero attached hydrogens (tertiary/aromatic N) is 4. The molecule has 0 bridgehead atoms. The lowest BCUT2D eigenvalue weighted by Crippen LogP contribution is -2.48. The first-order chi connectivity index (χ1) is 18.0. The summed E-state index contributed by atoms with van der Waals surface area (Å²) in [6.45, 7) is 3.96. The lowest BCUT2D eigenvalue weighted by molar-refractivity contribution is -0.136. The van der Waals surface area contributed by atoms with E-state index in [2.05, 4.69) is 21.9 Å². The minimum atomic E-state index is -0.650. The number of carbonyl (C=O) groups excluding carboxylic acids is 2. The number of amides is 2. The van der Waals surface area contributed by atoms with Crippen LogP contribution in [0.2, 0.25) is 0 Å². The predicted molar refractivity (Wildman–Crippen MR) is 144 cm³/mol. The fourth-order valence-corrected chi connectivity index (χ4v) is 5.28. The van der Waals surface area contributed by atoms with Gasteiger partial charge >= 0.3 is 0 Å². The van der Waals surface area contributed by atoms with Gasteiger partial charge in [-0.1, -0.05) is 42.5 Å². The molecular formula is C29H36N6O2. The number of imidazole rings is 1. The summed E-state index contributed by atoms with van der Waals surface area (Å²) in [6.07, 6.45) is 5.15. The van der Waals surface area contributed by atoms with Crippen LogP contribution in [0.25, 0.3) is 11.3 Å². The molecule has 5 rings (SSSR count). The number of piperazine rings is 1. The van der Waals surface area contributed by atoms with Gasteiger partial charge in [-0.15, -0.1) is 0 Å². The Kier molecular flexibility index (Phi) is 7.67. The quantitative estimate of drug-likeness (QED) is 0.542. The number of aromatic amines is 1. The summed E-state index contributed by atoms with van der Waals surface area (Å²) in [6, 6.07) is 16.9. The van der Waals surface area contributed by atoms with Crippen LogP contribution in [0.5, 0.6) is 0 Å². The molecular weight excluding hydrogens is 464 g/mol. The zero-order valence-electron chi connectivity index (χ0n) is 21.5. The van der Waals surface area contributed by atoms with Gasteiger partial charge in [0.25, 0.3) is 5.91 Å². The molecule has 8 heteroatoms. The molecule has 3 N–H and O–H groups in total. The van der Waals surface area contributed by atoms with Gasteiger partial charge < -0.3 is 25.4 Å². The van der Waals surface area contributed by atoms with Gasteiger partial charge in [0, 0.05) is 38.3 Å². The van der Waals surface area contributed by atoms with E-state index in [1.807, 2.05) is 70.6 Å². The Bertz CT molecular complexity index is 1200. The number of aromatic nitrogens is 2. The molecule has 2 fully saturated rings. The number of benzene rings is 2. The Morgan fingerprint density at radius 3 is 2.46 bits per heavy atom. The van der Waals surface area contributed by atoms with E-state index in [0.29, 0.717) is 18.5 Å². The second kappa shape index (κ2) is 11.3. The van der Waals surface area contributed by atoms with Crippen molar-refractivity contribution >= 4 is 11.8 Å². The van der Waals surface area contributed by atoms with E-state index < -0.39 is 6.04 Å². The number of hydrogen-bond donors (Lipinski definition) is 2. The van der Waals surface area contributed by atoms with Crippen LogP contribution in [0.3, 0.4) is 0 Å². The van der Waals surface area contributed by atoms with Crippen LogP contribution in [0.15, 0.2) is 60.8 Å². The summed E-state index contributed by atoms with van der Waals surface area (Å²) in [4.78, 5) is 40.4. The molecule has 2 aromatic carbocycles. The maximum Gasteiger partial charge on any atom is 0.253 e. The van der Waals surface area contributed by atoms with Crippen molar-refractivity contribution < 1.29 is 9.59 Å². The molecule has 3 heterocycles. The first kappa shape index (κ1) is 25.2. The standard InChI is InChI=1S/C29H36N6O2/c1-33-15-17-34(18-16-33)28(36)23-12-10-21(11-13-23)19-24(30)29(37)35-14-6-5-9-26(35)27-31-20-25(32-27)22-7-3-2-4-8-22/h2-4,7-8,10-13,20,24,26H,5-6,9,14-19,30H2,1H3,(H,31,32)/t24-,26-/m0/s1. The molecule has 0 radical (unpaired) electrons. The van der Waals surface area contributed by atoms with Crippen LogP contribution in [-0.2, 0) is 11.2 Å². The van der Waals surface area contributed by atoms with Crippen LogP contribution in [0.1, 0.15) is 47.1 Å². The predicted octanol–water partition coefficient (Wildman–Crippen LogP) is 3.09. The second-order valence-corrected chi connectivity index (χ2v) is 10.2. The second-order valence-electron chi connectivity index (χ2n) is 10.2. The fraction of sp³-hybridized carbons (Fsp3) is 0.414. The smallest absolute Gasteiger partial charge is 0.253 e. The Balaban J connectivity index is 1.23. The van der Waals surface area contributed by atoms with Gasteiger partial charge in [-0.25, -0.2) is 4.98 Å². The first-order valence-electron chi connectivity index (χ1n) is 13.2. The maximum absolute atomic E-state index is 13.5. The molecule has 2 amide bonds. The van der Waals surface area contributed by atoms with Crippen molar-refractivity contribution in [1.29, 1.82) is 0 Å². The Hall–Kier alpha value is -3.49. The van der Waals surface area contributed by atoms with Crippen molar-refractivity contribution in [2.45, 2.75) is 37.8 Å². The van der Waals surface area contributed by atoms with E-state index in [1.165, 1.54) is 0 Å². The zero-order chi connectivity index (χ0) is 25.8. The normalized spacial score (nSPS) is 19.6. The van der Waals surface area contributed by atoms with Gasteiger partial charge in [-0.3, -0.25) is 9.59 Å². The summed E-state index contributed by atoms with van der Waals surface area (Å²) in [7, 11) is 2.07. The summed E-state index contributed by atoms with van der Waals surface area (Å²) in [5.41, 5.74) is 10.1. The monoisotopic (exact) mass is 500 g/mol. The molecule has 0 unspecified atom stereocenters. The fourth-order valence-electron chi connectivity index (χ4n) is 5.28. The van der Waals surface area contributed by atoms with Crippen molar-refractivity contribution in [2.24, 2.45) is 5.73 Å². The lowest BCUT2D eigenvalue weighted by Gasteiger charge is -2.36. The first-order valence-corrected chi connectivity index (χ1v) is 13.2. The molecule has 2 aliphatic heterocycles. The third kappa shape index (κ3) is 5.76. The highest BCUT2D eigenvalue weighted by atomic mass is 16.2. The van der Waals surface area contributed by atoms with Gasteiger partial charge in [0.1, 0.15) is 5.82 Å². The van der Waals surface area contributed by atoms with Crippen LogP contribution < -0.4 is 5.73 Å². The Morgan fingerprint density at radius 2 is 1.73 bits per heavy atom. The molecule has 0 saturated carbocycles. The molecule has 37 heavy (non-hydrogen) atoms. The summed E-state index contributed by atoms with van der Waals surface area (Å²) in [5.74, 6) is 0.815. The van der Waals surface area contributed by atoms with E-state index in [-0.39, 0.29) is 17.9 Å². The van der Waals surface area contributed by atoms with Gasteiger partial charge in [0.05, 0.1) is 24.0 Å². The van der Waals surface area contributed by atoms with Crippen molar-refractivity contribution in [2.75, 3.05) is 39.8 Å². The van der Waals surface area contributed by atoms with Crippen molar-refractivity contribution in [3.05, 3.63) is 77.7 Å². The van der Waals surface area contributed by atoms with Gasteiger partial charge in [-0.05, 0) is 56.0 Å². The van der Waals surface area contributed by atoms with E-state index in [4.69, 9.17) is 5.73 Å². The summed E-state index contributed by atoms with van der Waals surface area (Å²) in [5, 5.41) is 0. The number of piperidine rings is 1. The van der Waals surface area contributed by atoms with Gasteiger partial charge in [0.2, 0.25) is 5.91 Å². The Morgan fingerprint density at radius 1 is 1.00 bits per heavy atom. The lowest BCUT2D eigenvalue weighted by atomic mass is 9.98. The SMILES string of the molecule is CN1CCN(C(=O)c2ccc(C[C@H](N)C(=O)N3CCCC[C@H]3c3ncc(-c4ccccc4)[nH]3)cc2)CC1. The van der Waals surface area contributed by atoms with Crippen molar-refractivity contribution in [1.82, 2.24) is 24.7 Å². The summed E-state index contributed by atoms with van der Waals surface area (Å²) < 4.78 is 0. The molecule has 3 aromatic rings. The van der Waals surface area contributed by atoms with E-state index in [0.717, 1.165) is 68.1 Å². The van der Waals surface area contributed by atoms with Gasteiger partial charge in [0.15, 0.2) is 0 Å². The highest BCUT2D eigenvalue weighted by Gasteiger charge is 2.33. The molecule has 194 valence electrons. The number of H-pyrrole nitrogens is 1. The summed E-state index contributed by atoms with van der Waals surface area (Å²) >= 11 is 0. The molecule has 2 aliphatic rings. The van der Waals surface area contributed by atoms with E-state index in [1.54, 1.807) is 0 Å². The molecule has 1 aromatic heterocycles. The number of nitrogens with two attached hydrogens (primary N) is 1. The molecule has 0 aliphatic carbocycles.